The number of esters is 1. The minimum atomic E-state index is -0.327. The monoisotopic (exact) mass is 361 g/mol. The fourth-order valence-electron chi connectivity index (χ4n) is 1.61. The lowest BCUT2D eigenvalue weighted by molar-refractivity contribution is -0.145. The summed E-state index contributed by atoms with van der Waals surface area (Å²) in [6.07, 6.45) is 0. The lowest BCUT2D eigenvalue weighted by atomic mass is 10.1. The number of rotatable bonds is 4. The molecule has 1 rings (SSSR count). The summed E-state index contributed by atoms with van der Waals surface area (Å²) in [6, 6.07) is 7.35. The summed E-state index contributed by atoms with van der Waals surface area (Å²) in [4.78, 5) is 24.9. The smallest absolute Gasteiger partial charge is 0.310 e. The molecule has 98 valence electrons. The van der Waals surface area contributed by atoms with E-state index in [4.69, 9.17) is 0 Å². The second-order valence-corrected chi connectivity index (χ2v) is 5.37. The van der Waals surface area contributed by atoms with Gasteiger partial charge in [-0.3, -0.25) is 9.59 Å². The van der Waals surface area contributed by atoms with E-state index in [1.807, 2.05) is 18.2 Å². The maximum absolute atomic E-state index is 12.1. The molecule has 0 radical (unpaired) electrons. The highest BCUT2D eigenvalue weighted by molar-refractivity contribution is 14.1. The Morgan fingerprint density at radius 1 is 1.44 bits per heavy atom. The molecule has 0 spiro atoms. The van der Waals surface area contributed by atoms with E-state index < -0.39 is 0 Å². The van der Waals surface area contributed by atoms with Crippen molar-refractivity contribution in [3.8, 4) is 0 Å². The van der Waals surface area contributed by atoms with Crippen molar-refractivity contribution in [1.82, 2.24) is 4.90 Å². The van der Waals surface area contributed by atoms with E-state index >= 15 is 0 Å². The average Bonchev–Trinajstić information content (AvgIpc) is 2.36. The van der Waals surface area contributed by atoms with Gasteiger partial charge in [0.1, 0.15) is 0 Å². The van der Waals surface area contributed by atoms with Crippen LogP contribution in [-0.4, -0.2) is 37.5 Å². The molecule has 0 aromatic heterocycles. The topological polar surface area (TPSA) is 46.6 Å². The van der Waals surface area contributed by atoms with Gasteiger partial charge >= 0.3 is 5.97 Å². The number of halogens is 1. The Balaban J connectivity index is 2.70. The molecule has 0 aliphatic carbocycles. The maximum Gasteiger partial charge on any atom is 0.310 e. The number of hydrogen-bond donors (Lipinski definition) is 0. The van der Waals surface area contributed by atoms with E-state index in [0.29, 0.717) is 12.1 Å². The average molecular weight is 361 g/mol. The summed E-state index contributed by atoms with van der Waals surface area (Å²) in [7, 11) is 3.03. The minimum Gasteiger partial charge on any atom is -0.469 e. The molecule has 4 nitrogen and oxygen atoms in total. The summed E-state index contributed by atoms with van der Waals surface area (Å²) in [5.74, 6) is -0.728. The Hall–Kier alpha value is -1.11. The van der Waals surface area contributed by atoms with Crippen LogP contribution in [0, 0.1) is 9.49 Å². The first-order valence-electron chi connectivity index (χ1n) is 5.54. The number of methoxy groups -OCH3 is 1. The molecule has 1 amide bonds. The molecule has 0 N–H and O–H groups in total. The summed E-state index contributed by atoms with van der Waals surface area (Å²) in [5.41, 5.74) is 0.626. The van der Waals surface area contributed by atoms with E-state index in [0.717, 1.165) is 3.57 Å². The molecule has 0 bridgehead atoms. The molecular weight excluding hydrogens is 345 g/mol. The van der Waals surface area contributed by atoms with Crippen LogP contribution in [0.25, 0.3) is 0 Å². The first-order chi connectivity index (χ1) is 8.45. The van der Waals surface area contributed by atoms with Gasteiger partial charge in [-0.1, -0.05) is 13.0 Å². The first kappa shape index (κ1) is 14.9. The molecule has 1 aromatic rings. The van der Waals surface area contributed by atoms with E-state index in [1.165, 1.54) is 12.0 Å². The Kier molecular flexibility index (Phi) is 5.58. The van der Waals surface area contributed by atoms with Crippen LogP contribution in [0.4, 0.5) is 0 Å². The third kappa shape index (κ3) is 3.97. The normalized spacial score (nSPS) is 11.8. The Bertz CT molecular complexity index is 448. The molecule has 1 unspecified atom stereocenters. The standard InChI is InChI=1S/C13H16INO3/c1-9(13(17)18-3)8-15(2)12(16)10-5-4-6-11(14)7-10/h4-7,9H,8H2,1-3H3. The lowest BCUT2D eigenvalue weighted by Gasteiger charge is -2.20. The highest BCUT2D eigenvalue weighted by atomic mass is 127. The third-order valence-corrected chi connectivity index (χ3v) is 3.24. The molecule has 0 aliphatic heterocycles. The summed E-state index contributed by atoms with van der Waals surface area (Å²) < 4.78 is 5.65. The predicted octanol–water partition coefficient (Wildman–Crippen LogP) is 2.17. The molecule has 0 aliphatic rings. The van der Waals surface area contributed by atoms with Crippen LogP contribution in [0.1, 0.15) is 17.3 Å². The van der Waals surface area contributed by atoms with Gasteiger partial charge in [0, 0.05) is 22.7 Å². The second-order valence-electron chi connectivity index (χ2n) is 4.12. The molecule has 18 heavy (non-hydrogen) atoms. The fourth-order valence-corrected chi connectivity index (χ4v) is 2.15. The molecule has 0 saturated carbocycles. The van der Waals surface area contributed by atoms with Crippen molar-refractivity contribution in [2.75, 3.05) is 20.7 Å². The third-order valence-electron chi connectivity index (χ3n) is 2.57. The van der Waals surface area contributed by atoms with E-state index in [2.05, 4.69) is 27.3 Å². The van der Waals surface area contributed by atoms with E-state index in [1.54, 1.807) is 20.0 Å². The molecule has 0 saturated heterocycles. The van der Waals surface area contributed by atoms with E-state index in [9.17, 15) is 9.59 Å². The summed E-state index contributed by atoms with van der Waals surface area (Å²) in [6.45, 7) is 2.08. The zero-order chi connectivity index (χ0) is 13.7. The number of amides is 1. The highest BCUT2D eigenvalue weighted by Crippen LogP contribution is 2.11. The van der Waals surface area contributed by atoms with Gasteiger partial charge < -0.3 is 9.64 Å². The van der Waals surface area contributed by atoms with Gasteiger partial charge in [-0.15, -0.1) is 0 Å². The fraction of sp³-hybridized carbons (Fsp3) is 0.385. The van der Waals surface area contributed by atoms with Crippen LogP contribution < -0.4 is 0 Å². The molecule has 1 aromatic carbocycles. The number of hydrogen-bond acceptors (Lipinski definition) is 3. The molecule has 5 heteroatoms. The SMILES string of the molecule is COC(=O)C(C)CN(C)C(=O)c1cccc(I)c1. The van der Waals surface area contributed by atoms with Crippen molar-refractivity contribution < 1.29 is 14.3 Å². The largest absolute Gasteiger partial charge is 0.469 e. The Morgan fingerprint density at radius 3 is 2.67 bits per heavy atom. The Morgan fingerprint density at radius 2 is 2.11 bits per heavy atom. The first-order valence-corrected chi connectivity index (χ1v) is 6.62. The van der Waals surface area contributed by atoms with Gasteiger partial charge in [0.15, 0.2) is 0 Å². The van der Waals surface area contributed by atoms with Crippen LogP contribution in [0.5, 0.6) is 0 Å². The molecular formula is C13H16INO3. The van der Waals surface area contributed by atoms with Crippen LogP contribution >= 0.6 is 22.6 Å². The van der Waals surface area contributed by atoms with Crippen molar-refractivity contribution in [2.24, 2.45) is 5.92 Å². The van der Waals surface area contributed by atoms with Crippen LogP contribution in [0.3, 0.4) is 0 Å². The quantitative estimate of drug-likeness (QED) is 0.610. The number of carbonyl (C=O) groups is 2. The van der Waals surface area contributed by atoms with Crippen molar-refractivity contribution in [3.05, 3.63) is 33.4 Å². The van der Waals surface area contributed by atoms with E-state index in [-0.39, 0.29) is 17.8 Å². The van der Waals surface area contributed by atoms with Gasteiger partial charge in [0.25, 0.3) is 5.91 Å². The number of nitrogens with zero attached hydrogens (tertiary/aromatic N) is 1. The van der Waals surface area contributed by atoms with Gasteiger partial charge in [-0.25, -0.2) is 0 Å². The van der Waals surface area contributed by atoms with Crippen molar-refractivity contribution in [2.45, 2.75) is 6.92 Å². The van der Waals surface area contributed by atoms with Crippen LogP contribution in [-0.2, 0) is 9.53 Å². The summed E-state index contributed by atoms with van der Waals surface area (Å²) in [5, 5.41) is 0. The molecule has 0 fully saturated rings. The van der Waals surface area contributed by atoms with Crippen molar-refractivity contribution >= 4 is 34.5 Å². The maximum atomic E-state index is 12.1. The lowest BCUT2D eigenvalue weighted by Crippen LogP contribution is -2.34. The minimum absolute atomic E-state index is 0.0933. The highest BCUT2D eigenvalue weighted by Gasteiger charge is 2.19. The molecule has 1 atom stereocenters. The van der Waals surface area contributed by atoms with Gasteiger partial charge in [-0.2, -0.15) is 0 Å². The van der Waals surface area contributed by atoms with Crippen LogP contribution in [0.2, 0.25) is 0 Å². The molecule has 0 heterocycles. The van der Waals surface area contributed by atoms with Crippen LogP contribution in [0.15, 0.2) is 24.3 Å². The van der Waals surface area contributed by atoms with Gasteiger partial charge in [0.05, 0.1) is 13.0 Å². The number of ether oxygens (including phenoxy) is 1. The number of carbonyl (C=O) groups excluding carboxylic acids is 2. The predicted molar refractivity (Wildman–Crippen MR) is 77.3 cm³/mol. The summed E-state index contributed by atoms with van der Waals surface area (Å²) >= 11 is 2.16. The second kappa shape index (κ2) is 6.72. The Labute approximate surface area is 120 Å². The number of benzene rings is 1. The van der Waals surface area contributed by atoms with Crippen molar-refractivity contribution in [3.63, 3.8) is 0 Å². The van der Waals surface area contributed by atoms with Crippen molar-refractivity contribution in [1.29, 1.82) is 0 Å². The van der Waals surface area contributed by atoms with Gasteiger partial charge in [0.2, 0.25) is 0 Å². The zero-order valence-electron chi connectivity index (χ0n) is 10.6. The van der Waals surface area contributed by atoms with Gasteiger partial charge in [-0.05, 0) is 40.8 Å². The zero-order valence-corrected chi connectivity index (χ0v) is 12.8.